The van der Waals surface area contributed by atoms with Crippen molar-refractivity contribution in [1.29, 1.82) is 0 Å². The van der Waals surface area contributed by atoms with E-state index in [1.54, 1.807) is 0 Å². The molecular weight excluding hydrogens is 216 g/mol. The van der Waals surface area contributed by atoms with Crippen LogP contribution in [0.15, 0.2) is 0 Å². The van der Waals surface area contributed by atoms with E-state index < -0.39 is 0 Å². The standard InChI is InChI=1S/C13H26N2S/c1-15-8-3-5-12(10-15)9-14-11-13(16-2)6-4-7-13/h12,14H,3-11H2,1-2H3. The zero-order valence-corrected chi connectivity index (χ0v) is 11.6. The molecule has 2 nitrogen and oxygen atoms in total. The number of hydrogen-bond donors (Lipinski definition) is 1. The van der Waals surface area contributed by atoms with Gasteiger partial charge in [0, 0.05) is 17.8 Å². The van der Waals surface area contributed by atoms with E-state index in [4.69, 9.17) is 0 Å². The second kappa shape index (κ2) is 5.74. The van der Waals surface area contributed by atoms with E-state index in [9.17, 15) is 0 Å². The summed E-state index contributed by atoms with van der Waals surface area (Å²) < 4.78 is 0.598. The molecule has 2 aliphatic rings. The van der Waals surface area contributed by atoms with Crippen LogP contribution in [0.3, 0.4) is 0 Å². The third kappa shape index (κ3) is 3.14. The third-order valence-electron chi connectivity index (χ3n) is 4.30. The number of nitrogens with zero attached hydrogens (tertiary/aromatic N) is 1. The van der Waals surface area contributed by atoms with Crippen LogP contribution in [0.5, 0.6) is 0 Å². The number of rotatable bonds is 5. The maximum absolute atomic E-state index is 3.72. The van der Waals surface area contributed by atoms with Crippen molar-refractivity contribution >= 4 is 11.8 Å². The molecule has 0 aromatic heterocycles. The smallest absolute Gasteiger partial charge is 0.0281 e. The van der Waals surface area contributed by atoms with Crippen LogP contribution in [0.2, 0.25) is 0 Å². The van der Waals surface area contributed by atoms with Crippen LogP contribution in [-0.4, -0.2) is 49.1 Å². The molecule has 2 rings (SSSR count). The molecule has 1 saturated heterocycles. The molecule has 1 saturated carbocycles. The fraction of sp³-hybridized carbons (Fsp3) is 1.00. The number of thioether (sulfide) groups is 1. The molecule has 0 radical (unpaired) electrons. The first-order valence-electron chi connectivity index (χ1n) is 6.68. The molecule has 1 unspecified atom stereocenters. The molecule has 0 aromatic carbocycles. The maximum atomic E-state index is 3.72. The van der Waals surface area contributed by atoms with Crippen molar-refractivity contribution in [2.24, 2.45) is 5.92 Å². The Morgan fingerprint density at radius 1 is 1.38 bits per heavy atom. The molecule has 94 valence electrons. The SMILES string of the molecule is CSC1(CNCC2CCCN(C)C2)CCC1. The van der Waals surface area contributed by atoms with Crippen LogP contribution < -0.4 is 5.32 Å². The first-order valence-corrected chi connectivity index (χ1v) is 7.91. The maximum Gasteiger partial charge on any atom is 0.0281 e. The van der Waals surface area contributed by atoms with Gasteiger partial charge in [-0.05, 0) is 58.0 Å². The molecule has 0 amide bonds. The highest BCUT2D eigenvalue weighted by molar-refractivity contribution is 8.00. The van der Waals surface area contributed by atoms with Gasteiger partial charge in [0.2, 0.25) is 0 Å². The van der Waals surface area contributed by atoms with Gasteiger partial charge < -0.3 is 10.2 Å². The van der Waals surface area contributed by atoms with Gasteiger partial charge in [-0.15, -0.1) is 0 Å². The summed E-state index contributed by atoms with van der Waals surface area (Å²) in [5.74, 6) is 0.887. The number of likely N-dealkylation sites (tertiary alicyclic amines) is 1. The summed E-state index contributed by atoms with van der Waals surface area (Å²) in [6.07, 6.45) is 9.36. The minimum Gasteiger partial charge on any atom is -0.315 e. The van der Waals surface area contributed by atoms with Gasteiger partial charge in [-0.1, -0.05) is 6.42 Å². The lowest BCUT2D eigenvalue weighted by atomic mass is 9.84. The predicted molar refractivity (Wildman–Crippen MR) is 73.2 cm³/mol. The number of piperidine rings is 1. The van der Waals surface area contributed by atoms with Crippen LogP contribution in [-0.2, 0) is 0 Å². The summed E-state index contributed by atoms with van der Waals surface area (Å²) >= 11 is 2.07. The lowest BCUT2D eigenvalue weighted by molar-refractivity contribution is 0.203. The fourth-order valence-electron chi connectivity index (χ4n) is 2.97. The molecule has 0 spiro atoms. The summed E-state index contributed by atoms with van der Waals surface area (Å²) in [7, 11) is 2.25. The van der Waals surface area contributed by atoms with Crippen LogP contribution in [0.4, 0.5) is 0 Å². The van der Waals surface area contributed by atoms with Gasteiger partial charge >= 0.3 is 0 Å². The quantitative estimate of drug-likeness (QED) is 0.796. The van der Waals surface area contributed by atoms with E-state index in [0.717, 1.165) is 5.92 Å². The third-order valence-corrected chi connectivity index (χ3v) is 5.72. The van der Waals surface area contributed by atoms with Crippen molar-refractivity contribution in [2.75, 3.05) is 39.5 Å². The second-order valence-electron chi connectivity index (χ2n) is 5.64. The number of hydrogen-bond acceptors (Lipinski definition) is 3. The van der Waals surface area contributed by atoms with Crippen LogP contribution in [0.25, 0.3) is 0 Å². The van der Waals surface area contributed by atoms with Gasteiger partial charge in [-0.3, -0.25) is 0 Å². The van der Waals surface area contributed by atoms with Crippen molar-refractivity contribution in [3.8, 4) is 0 Å². The first-order chi connectivity index (χ1) is 7.74. The Hall–Kier alpha value is 0.270. The molecule has 3 heteroatoms. The highest BCUT2D eigenvalue weighted by Gasteiger charge is 2.35. The minimum atomic E-state index is 0.598. The molecule has 0 bridgehead atoms. The minimum absolute atomic E-state index is 0.598. The predicted octanol–water partition coefficient (Wildman–Crippen LogP) is 2.20. The Balaban J connectivity index is 1.63. The summed E-state index contributed by atoms with van der Waals surface area (Å²) in [6.45, 7) is 5.05. The van der Waals surface area contributed by atoms with E-state index in [1.807, 2.05) is 0 Å². The van der Waals surface area contributed by atoms with E-state index in [-0.39, 0.29) is 0 Å². The van der Waals surface area contributed by atoms with Gasteiger partial charge in [0.05, 0.1) is 0 Å². The Bertz CT molecular complexity index is 210. The van der Waals surface area contributed by atoms with E-state index >= 15 is 0 Å². The topological polar surface area (TPSA) is 15.3 Å². The van der Waals surface area contributed by atoms with E-state index in [0.29, 0.717) is 4.75 Å². The molecular formula is C13H26N2S. The molecule has 2 fully saturated rings. The Morgan fingerprint density at radius 3 is 2.75 bits per heavy atom. The van der Waals surface area contributed by atoms with Crippen molar-refractivity contribution < 1.29 is 0 Å². The molecule has 1 N–H and O–H groups in total. The summed E-state index contributed by atoms with van der Waals surface area (Å²) in [4.78, 5) is 2.48. The fourth-order valence-corrected chi connectivity index (χ4v) is 3.91. The van der Waals surface area contributed by atoms with Gasteiger partial charge in [0.25, 0.3) is 0 Å². The Labute approximate surface area is 105 Å². The normalized spacial score (nSPS) is 30.0. The van der Waals surface area contributed by atoms with Crippen molar-refractivity contribution in [3.05, 3.63) is 0 Å². The van der Waals surface area contributed by atoms with Crippen molar-refractivity contribution in [1.82, 2.24) is 10.2 Å². The Morgan fingerprint density at radius 2 is 2.19 bits per heavy atom. The van der Waals surface area contributed by atoms with Crippen LogP contribution in [0.1, 0.15) is 32.1 Å². The lowest BCUT2D eigenvalue weighted by Crippen LogP contribution is -2.46. The van der Waals surface area contributed by atoms with Crippen LogP contribution >= 0.6 is 11.8 Å². The first kappa shape index (κ1) is 12.7. The number of nitrogens with one attached hydrogen (secondary N) is 1. The summed E-state index contributed by atoms with van der Waals surface area (Å²) in [6, 6.07) is 0. The average molecular weight is 242 g/mol. The van der Waals surface area contributed by atoms with E-state index in [2.05, 4.69) is 35.3 Å². The zero-order chi connectivity index (χ0) is 11.4. The largest absolute Gasteiger partial charge is 0.315 e. The van der Waals surface area contributed by atoms with Crippen molar-refractivity contribution in [2.45, 2.75) is 36.9 Å². The van der Waals surface area contributed by atoms with Gasteiger partial charge in [-0.2, -0.15) is 11.8 Å². The second-order valence-corrected chi connectivity index (χ2v) is 6.92. The monoisotopic (exact) mass is 242 g/mol. The lowest BCUT2D eigenvalue weighted by Gasteiger charge is -2.41. The van der Waals surface area contributed by atoms with Gasteiger partial charge in [-0.25, -0.2) is 0 Å². The summed E-state index contributed by atoms with van der Waals surface area (Å²) in [5, 5.41) is 3.72. The Kier molecular flexibility index (Phi) is 4.57. The molecule has 1 aliphatic carbocycles. The van der Waals surface area contributed by atoms with Crippen molar-refractivity contribution in [3.63, 3.8) is 0 Å². The zero-order valence-electron chi connectivity index (χ0n) is 10.8. The summed E-state index contributed by atoms with van der Waals surface area (Å²) in [5.41, 5.74) is 0. The molecule has 0 aromatic rings. The average Bonchev–Trinajstić information content (AvgIpc) is 2.22. The van der Waals surface area contributed by atoms with Gasteiger partial charge in [0.15, 0.2) is 0 Å². The molecule has 1 atom stereocenters. The molecule has 16 heavy (non-hydrogen) atoms. The van der Waals surface area contributed by atoms with Crippen LogP contribution in [0, 0.1) is 5.92 Å². The molecule has 1 heterocycles. The highest BCUT2D eigenvalue weighted by Crippen LogP contribution is 2.42. The van der Waals surface area contributed by atoms with Gasteiger partial charge in [0.1, 0.15) is 0 Å². The van der Waals surface area contributed by atoms with E-state index in [1.165, 1.54) is 58.3 Å². The molecule has 1 aliphatic heterocycles. The highest BCUT2D eigenvalue weighted by atomic mass is 32.2.